The summed E-state index contributed by atoms with van der Waals surface area (Å²) in [6.07, 6.45) is 5.54. The minimum atomic E-state index is -0.322. The van der Waals surface area contributed by atoms with E-state index >= 15 is 0 Å². The number of aliphatic imine (C=N–C) groups is 1. The van der Waals surface area contributed by atoms with Crippen LogP contribution in [0.5, 0.6) is 5.75 Å². The summed E-state index contributed by atoms with van der Waals surface area (Å²) in [5, 5.41) is 0. The third-order valence-electron chi connectivity index (χ3n) is 2.42. The molecule has 0 atom stereocenters. The normalized spacial score (nSPS) is 10.8. The number of carbonyl (C=O) groups excluding carboxylic acids is 1. The number of hydrogen-bond donors (Lipinski definition) is 0. The van der Waals surface area contributed by atoms with Gasteiger partial charge in [0, 0.05) is 18.7 Å². The Balaban J connectivity index is 2.71. The minimum absolute atomic E-state index is 0.212. The van der Waals surface area contributed by atoms with Gasteiger partial charge in [0.2, 0.25) is 0 Å². The van der Waals surface area contributed by atoms with Crippen molar-refractivity contribution in [2.24, 2.45) is 4.99 Å². The molecule has 0 aliphatic rings. The highest BCUT2D eigenvalue weighted by molar-refractivity contribution is 7.91. The van der Waals surface area contributed by atoms with Gasteiger partial charge in [-0.3, -0.25) is 8.98 Å². The van der Waals surface area contributed by atoms with Crippen molar-refractivity contribution in [1.82, 2.24) is 0 Å². The molecule has 0 saturated heterocycles. The second kappa shape index (κ2) is 9.15. The summed E-state index contributed by atoms with van der Waals surface area (Å²) in [4.78, 5) is 14.9. The molecule has 22 heavy (non-hydrogen) atoms. The SMILES string of the molecule is C=C(N=Cc1cc(C)ccc1OCCOC(C)=O)O[S+](C)C. The Morgan fingerprint density at radius 2 is 2.09 bits per heavy atom. The number of ether oxygens (including phenoxy) is 2. The molecule has 1 aromatic carbocycles. The molecule has 0 N–H and O–H groups in total. The second-order valence-electron chi connectivity index (χ2n) is 4.71. The van der Waals surface area contributed by atoms with Crippen molar-refractivity contribution in [3.05, 3.63) is 41.8 Å². The predicted molar refractivity (Wildman–Crippen MR) is 90.3 cm³/mol. The Kier molecular flexibility index (Phi) is 7.52. The fourth-order valence-electron chi connectivity index (χ4n) is 1.59. The van der Waals surface area contributed by atoms with Crippen molar-refractivity contribution < 1.29 is 18.5 Å². The van der Waals surface area contributed by atoms with E-state index in [4.69, 9.17) is 13.7 Å². The Hall–Kier alpha value is -1.95. The van der Waals surface area contributed by atoms with Gasteiger partial charge in [-0.05, 0) is 25.6 Å². The standard InChI is InChI=1S/C16H22NO4S/c1-12-6-7-16(20-9-8-19-14(3)18)15(10-12)11-17-13(2)21-22(4)5/h6-7,10-11H,2,8-9H2,1,3-5H3/q+1. The summed E-state index contributed by atoms with van der Waals surface area (Å²) in [5.41, 5.74) is 1.91. The van der Waals surface area contributed by atoms with E-state index in [1.165, 1.54) is 6.92 Å². The predicted octanol–water partition coefficient (Wildman–Crippen LogP) is 2.64. The molecule has 0 saturated carbocycles. The van der Waals surface area contributed by atoms with Gasteiger partial charge in [0.15, 0.2) is 11.2 Å². The van der Waals surface area contributed by atoms with Gasteiger partial charge in [0.05, 0.1) is 0 Å². The maximum atomic E-state index is 10.7. The number of carbonyl (C=O) groups is 1. The van der Waals surface area contributed by atoms with Crippen molar-refractivity contribution >= 4 is 23.4 Å². The third-order valence-corrected chi connectivity index (χ3v) is 2.95. The van der Waals surface area contributed by atoms with Crippen LogP contribution in [0.15, 0.2) is 35.7 Å². The molecule has 0 fully saturated rings. The van der Waals surface area contributed by atoms with Crippen molar-refractivity contribution in [2.45, 2.75) is 13.8 Å². The summed E-state index contributed by atoms with van der Waals surface area (Å²) in [6, 6.07) is 5.76. The lowest BCUT2D eigenvalue weighted by molar-refractivity contribution is -0.141. The molecule has 0 aromatic heterocycles. The smallest absolute Gasteiger partial charge is 0.302 e. The summed E-state index contributed by atoms with van der Waals surface area (Å²) in [6.45, 7) is 7.60. The first-order valence-corrected chi connectivity index (χ1v) is 8.71. The van der Waals surface area contributed by atoms with Gasteiger partial charge in [-0.2, -0.15) is 0 Å². The maximum absolute atomic E-state index is 10.7. The Bertz CT molecular complexity index is 555. The first kappa shape index (κ1) is 18.1. The molecule has 1 aromatic rings. The molecule has 1 rings (SSSR count). The van der Waals surface area contributed by atoms with Gasteiger partial charge in [-0.25, -0.2) is 4.99 Å². The Morgan fingerprint density at radius 3 is 2.73 bits per heavy atom. The van der Waals surface area contributed by atoms with Crippen LogP contribution in [-0.2, 0) is 24.9 Å². The monoisotopic (exact) mass is 324 g/mol. The molecule has 5 nitrogen and oxygen atoms in total. The molecular formula is C16H22NO4S+. The third kappa shape index (κ3) is 7.17. The molecule has 120 valence electrons. The quantitative estimate of drug-likeness (QED) is 0.242. The zero-order valence-electron chi connectivity index (χ0n) is 13.4. The van der Waals surface area contributed by atoms with Crippen molar-refractivity contribution in [3.8, 4) is 5.75 Å². The molecule has 0 aliphatic heterocycles. The van der Waals surface area contributed by atoms with E-state index in [0.717, 1.165) is 11.1 Å². The lowest BCUT2D eigenvalue weighted by atomic mass is 10.1. The first-order chi connectivity index (χ1) is 10.4. The number of rotatable bonds is 8. The van der Waals surface area contributed by atoms with Gasteiger partial charge in [0.25, 0.3) is 5.88 Å². The van der Waals surface area contributed by atoms with Crippen LogP contribution in [0.25, 0.3) is 0 Å². The van der Waals surface area contributed by atoms with Crippen LogP contribution >= 0.6 is 0 Å². The van der Waals surface area contributed by atoms with Crippen molar-refractivity contribution in [2.75, 3.05) is 25.7 Å². The number of hydrogen-bond acceptors (Lipinski definition) is 5. The van der Waals surface area contributed by atoms with Crippen LogP contribution in [0.4, 0.5) is 0 Å². The zero-order valence-corrected chi connectivity index (χ0v) is 14.2. The van der Waals surface area contributed by atoms with Crippen LogP contribution in [-0.4, -0.2) is 37.9 Å². The van der Waals surface area contributed by atoms with Crippen LogP contribution < -0.4 is 4.74 Å². The van der Waals surface area contributed by atoms with Gasteiger partial charge >= 0.3 is 5.97 Å². The molecular weight excluding hydrogens is 302 g/mol. The Morgan fingerprint density at radius 1 is 1.36 bits per heavy atom. The van der Waals surface area contributed by atoms with Crippen molar-refractivity contribution in [1.29, 1.82) is 0 Å². The lowest BCUT2D eigenvalue weighted by Gasteiger charge is -2.10. The zero-order chi connectivity index (χ0) is 16.5. The fourth-order valence-corrected chi connectivity index (χ4v) is 2.02. The highest BCUT2D eigenvalue weighted by Gasteiger charge is 2.07. The van der Waals surface area contributed by atoms with E-state index in [1.54, 1.807) is 6.21 Å². The molecule has 0 bridgehead atoms. The van der Waals surface area contributed by atoms with E-state index in [1.807, 2.05) is 37.6 Å². The summed E-state index contributed by atoms with van der Waals surface area (Å²) in [5.74, 6) is 0.708. The Labute approximate surface area is 134 Å². The van der Waals surface area contributed by atoms with Gasteiger partial charge in [-0.15, -0.1) is 0 Å². The van der Waals surface area contributed by atoms with Gasteiger partial charge in [-0.1, -0.05) is 11.6 Å². The highest BCUT2D eigenvalue weighted by atomic mass is 32.2. The largest absolute Gasteiger partial charge is 0.489 e. The molecule has 0 unspecified atom stereocenters. The number of esters is 1. The van der Waals surface area contributed by atoms with Crippen molar-refractivity contribution in [3.63, 3.8) is 0 Å². The second-order valence-corrected chi connectivity index (χ2v) is 6.36. The summed E-state index contributed by atoms with van der Waals surface area (Å²) in [7, 11) is 0. The summed E-state index contributed by atoms with van der Waals surface area (Å²) >= 11 is -0.217. The lowest BCUT2D eigenvalue weighted by Crippen LogP contribution is -2.10. The number of nitrogens with zero attached hydrogens (tertiary/aromatic N) is 1. The average Bonchev–Trinajstić information content (AvgIpc) is 2.42. The maximum Gasteiger partial charge on any atom is 0.302 e. The highest BCUT2D eigenvalue weighted by Crippen LogP contribution is 2.19. The average molecular weight is 324 g/mol. The van der Waals surface area contributed by atoms with E-state index in [-0.39, 0.29) is 30.4 Å². The van der Waals surface area contributed by atoms with Gasteiger partial charge in [0.1, 0.15) is 31.5 Å². The van der Waals surface area contributed by atoms with E-state index in [0.29, 0.717) is 11.6 Å². The van der Waals surface area contributed by atoms with Crippen LogP contribution in [0.3, 0.4) is 0 Å². The van der Waals surface area contributed by atoms with E-state index in [9.17, 15) is 4.79 Å². The molecule has 0 heterocycles. The first-order valence-electron chi connectivity index (χ1n) is 6.74. The molecule has 6 heteroatoms. The van der Waals surface area contributed by atoms with E-state index < -0.39 is 0 Å². The molecule has 0 aliphatic carbocycles. The van der Waals surface area contributed by atoms with E-state index in [2.05, 4.69) is 11.6 Å². The van der Waals surface area contributed by atoms with Crippen LogP contribution in [0.1, 0.15) is 18.1 Å². The fraction of sp³-hybridized carbons (Fsp3) is 0.375. The molecule has 0 spiro atoms. The number of benzene rings is 1. The minimum Gasteiger partial charge on any atom is -0.489 e. The number of aryl methyl sites for hydroxylation is 1. The topological polar surface area (TPSA) is 57.1 Å². The molecule has 0 radical (unpaired) electrons. The van der Waals surface area contributed by atoms with Crippen LogP contribution in [0.2, 0.25) is 0 Å². The molecule has 0 amide bonds. The van der Waals surface area contributed by atoms with Crippen LogP contribution in [0, 0.1) is 6.92 Å². The van der Waals surface area contributed by atoms with Gasteiger partial charge < -0.3 is 9.47 Å². The summed E-state index contributed by atoms with van der Waals surface area (Å²) < 4.78 is 15.9.